The van der Waals surface area contributed by atoms with Crippen LogP contribution in [0.5, 0.6) is 0 Å². The number of aryl methyl sites for hydroxylation is 3. The summed E-state index contributed by atoms with van der Waals surface area (Å²) in [6.07, 6.45) is 9.71. The fourth-order valence-corrected chi connectivity index (χ4v) is 6.36. The van der Waals surface area contributed by atoms with E-state index in [0.29, 0.717) is 12.6 Å². The van der Waals surface area contributed by atoms with Gasteiger partial charge in [-0.1, -0.05) is 29.3 Å². The van der Waals surface area contributed by atoms with Crippen LogP contribution in [0.3, 0.4) is 0 Å². The molecule has 0 unspecified atom stereocenters. The molecule has 1 N–H and O–H groups in total. The van der Waals surface area contributed by atoms with E-state index in [1.165, 1.54) is 33.4 Å². The van der Waals surface area contributed by atoms with Gasteiger partial charge in [-0.15, -0.1) is 0 Å². The Morgan fingerprint density at radius 3 is 2.59 bits per heavy atom. The number of ether oxygens (including phenoxy) is 1. The monoisotopic (exact) mass is 588 g/mol. The normalized spacial score (nSPS) is 18.2. The Labute approximate surface area is 240 Å². The molecule has 7 nitrogen and oxygen atoms in total. The zero-order chi connectivity index (χ0) is 27.4. The maximum absolute atomic E-state index is 9.49. The lowest BCUT2D eigenvalue weighted by Crippen LogP contribution is -2.44. The second-order valence-electron chi connectivity index (χ2n) is 10.5. The van der Waals surface area contributed by atoms with Crippen LogP contribution >= 0.6 is 15.9 Å². The number of nitriles is 1. The molecule has 3 aliphatic rings. The summed E-state index contributed by atoms with van der Waals surface area (Å²) >= 11 is 3.63. The zero-order valence-electron chi connectivity index (χ0n) is 23.0. The van der Waals surface area contributed by atoms with Gasteiger partial charge in [-0.2, -0.15) is 5.26 Å². The van der Waals surface area contributed by atoms with E-state index in [9.17, 15) is 5.26 Å². The van der Waals surface area contributed by atoms with Crippen LogP contribution < -0.4 is 5.32 Å². The van der Waals surface area contributed by atoms with Crippen molar-refractivity contribution in [3.63, 3.8) is 0 Å². The summed E-state index contributed by atoms with van der Waals surface area (Å²) in [5, 5.41) is 12.4. The van der Waals surface area contributed by atoms with E-state index < -0.39 is 0 Å². The molecule has 0 saturated carbocycles. The molecule has 3 heterocycles. The number of pyridine rings is 1. The van der Waals surface area contributed by atoms with E-state index in [2.05, 4.69) is 75.0 Å². The second-order valence-corrected chi connectivity index (χ2v) is 11.4. The van der Waals surface area contributed by atoms with Crippen molar-refractivity contribution in [2.24, 2.45) is 4.99 Å². The van der Waals surface area contributed by atoms with Crippen molar-refractivity contribution in [1.82, 2.24) is 20.1 Å². The fourth-order valence-electron chi connectivity index (χ4n) is 5.98. The average molecular weight is 590 g/mol. The van der Waals surface area contributed by atoms with Gasteiger partial charge in [0.2, 0.25) is 5.96 Å². The van der Waals surface area contributed by atoms with Crippen LogP contribution in [0.1, 0.15) is 60.6 Å². The molecular weight excluding hydrogens is 552 g/mol. The Hall–Kier alpha value is -3.31. The van der Waals surface area contributed by atoms with Gasteiger partial charge in [-0.3, -0.25) is 10.3 Å². The van der Waals surface area contributed by atoms with Gasteiger partial charge in [-0.05, 0) is 97.6 Å². The first-order chi connectivity index (χ1) is 19.0. The minimum absolute atomic E-state index is 0.178. The van der Waals surface area contributed by atoms with Gasteiger partial charge in [0.25, 0.3) is 0 Å². The Morgan fingerprint density at radius 1 is 1.13 bits per heavy atom. The molecule has 0 radical (unpaired) electrons. The number of aromatic nitrogens is 1. The molecule has 2 saturated heterocycles. The topological polar surface area (TPSA) is 76.8 Å². The molecule has 5 rings (SSSR count). The van der Waals surface area contributed by atoms with Gasteiger partial charge in [0.15, 0.2) is 12.1 Å². The molecule has 0 bridgehead atoms. The summed E-state index contributed by atoms with van der Waals surface area (Å²) in [6.45, 7) is 12.2. The molecule has 1 aromatic carbocycles. The molecular formula is C31H37BrN6O. The van der Waals surface area contributed by atoms with Gasteiger partial charge >= 0.3 is 0 Å². The van der Waals surface area contributed by atoms with Crippen LogP contribution in [-0.4, -0.2) is 59.6 Å². The van der Waals surface area contributed by atoms with Crippen molar-refractivity contribution in [2.75, 3.05) is 32.8 Å². The highest BCUT2D eigenvalue weighted by Gasteiger charge is 2.27. The maximum Gasteiger partial charge on any atom is 0.207 e. The lowest BCUT2D eigenvalue weighted by Gasteiger charge is -2.35. The van der Waals surface area contributed by atoms with Crippen LogP contribution in [0.15, 0.2) is 58.0 Å². The van der Waals surface area contributed by atoms with E-state index >= 15 is 0 Å². The number of hydrogen-bond acceptors (Lipinski definition) is 5. The summed E-state index contributed by atoms with van der Waals surface area (Å²) in [4.78, 5) is 14.4. The molecule has 0 amide bonds. The molecule has 1 aromatic heterocycles. The minimum atomic E-state index is 0.178. The van der Waals surface area contributed by atoms with Crippen molar-refractivity contribution < 1.29 is 4.74 Å². The first-order valence-corrected chi connectivity index (χ1v) is 14.8. The number of aliphatic imine (C=N–C) groups is 1. The zero-order valence-corrected chi connectivity index (χ0v) is 24.6. The summed E-state index contributed by atoms with van der Waals surface area (Å²) < 4.78 is 6.60. The van der Waals surface area contributed by atoms with Crippen LogP contribution in [0, 0.1) is 18.4 Å². The van der Waals surface area contributed by atoms with Crippen molar-refractivity contribution in [3.05, 3.63) is 80.9 Å². The van der Waals surface area contributed by atoms with E-state index in [1.807, 2.05) is 13.1 Å². The average Bonchev–Trinajstić information content (AvgIpc) is 3.09. The molecule has 8 heteroatoms. The molecule has 2 aliphatic heterocycles. The molecule has 0 atom stereocenters. The Bertz CT molecular complexity index is 1270. The number of nitrogens with zero attached hydrogens (tertiary/aromatic N) is 5. The standard InChI is InChI=1S/C31H37BrN6O/c1-4-39-22(3)37-15-11-27(12-16-37)36-31(35-20-33)38-13-9-23(10-14-38)29-28-8-5-21(2)17-24(28)6-7-25-18-26(32)19-34-30(25)29/h5,8,17-19,27H,3-4,6-7,9-16H2,1-2H3,(H,35,36). The third kappa shape index (κ3) is 6.14. The largest absolute Gasteiger partial charge is 0.480 e. The number of nitrogens with one attached hydrogen (secondary N) is 1. The van der Waals surface area contributed by atoms with Crippen LogP contribution in [0.25, 0.3) is 5.57 Å². The van der Waals surface area contributed by atoms with Crippen molar-refractivity contribution in [3.8, 4) is 6.19 Å². The van der Waals surface area contributed by atoms with Crippen molar-refractivity contribution >= 4 is 27.5 Å². The first kappa shape index (κ1) is 27.3. The van der Waals surface area contributed by atoms with Gasteiger partial charge in [0.05, 0.1) is 18.3 Å². The maximum atomic E-state index is 9.49. The number of likely N-dealkylation sites (tertiary alicyclic amines) is 2. The van der Waals surface area contributed by atoms with Crippen LogP contribution in [-0.2, 0) is 17.6 Å². The Kier molecular flexibility index (Phi) is 8.56. The molecule has 2 aromatic rings. The van der Waals surface area contributed by atoms with Crippen LogP contribution in [0.4, 0.5) is 0 Å². The SMILES string of the molecule is C=C(OCC)N1CCC(N=C(NC#N)N2CCC(=C3c4ccc(C)cc4CCc4cc(Br)cnc43)CC2)CC1. The highest BCUT2D eigenvalue weighted by atomic mass is 79.9. The number of guanidine groups is 1. The minimum Gasteiger partial charge on any atom is -0.480 e. The predicted octanol–water partition coefficient (Wildman–Crippen LogP) is 5.55. The van der Waals surface area contributed by atoms with E-state index in [-0.39, 0.29) is 6.04 Å². The molecule has 0 spiro atoms. The van der Waals surface area contributed by atoms with Gasteiger partial charge < -0.3 is 14.5 Å². The molecule has 204 valence electrons. The number of halogens is 1. The second kappa shape index (κ2) is 12.3. The number of piperidine rings is 2. The predicted molar refractivity (Wildman–Crippen MR) is 159 cm³/mol. The Balaban J connectivity index is 1.37. The number of hydrogen-bond donors (Lipinski definition) is 1. The van der Waals surface area contributed by atoms with Gasteiger partial charge in [0, 0.05) is 42.4 Å². The third-order valence-corrected chi connectivity index (χ3v) is 8.42. The van der Waals surface area contributed by atoms with E-state index in [1.54, 1.807) is 0 Å². The highest BCUT2D eigenvalue weighted by molar-refractivity contribution is 9.10. The number of benzene rings is 1. The van der Waals surface area contributed by atoms with E-state index in [4.69, 9.17) is 14.7 Å². The molecule has 2 fully saturated rings. The lowest BCUT2D eigenvalue weighted by molar-refractivity contribution is 0.105. The summed E-state index contributed by atoms with van der Waals surface area (Å²) in [5.41, 5.74) is 9.18. The molecule has 39 heavy (non-hydrogen) atoms. The first-order valence-electron chi connectivity index (χ1n) is 14.0. The number of fused-ring (bicyclic) bond motifs is 2. The summed E-state index contributed by atoms with van der Waals surface area (Å²) in [7, 11) is 0. The Morgan fingerprint density at radius 2 is 1.87 bits per heavy atom. The quantitative estimate of drug-likeness (QED) is 0.166. The highest BCUT2D eigenvalue weighted by Crippen LogP contribution is 2.38. The number of rotatable bonds is 4. The van der Waals surface area contributed by atoms with E-state index in [0.717, 1.165) is 80.8 Å². The third-order valence-electron chi connectivity index (χ3n) is 7.98. The smallest absolute Gasteiger partial charge is 0.207 e. The lowest BCUT2D eigenvalue weighted by atomic mass is 9.88. The summed E-state index contributed by atoms with van der Waals surface area (Å²) in [6, 6.07) is 9.25. The fraction of sp³-hybridized carbons (Fsp3) is 0.452. The van der Waals surface area contributed by atoms with Crippen molar-refractivity contribution in [1.29, 1.82) is 5.26 Å². The molecule has 1 aliphatic carbocycles. The van der Waals surface area contributed by atoms with Gasteiger partial charge in [-0.25, -0.2) is 4.99 Å². The van der Waals surface area contributed by atoms with Crippen molar-refractivity contribution in [2.45, 2.75) is 58.4 Å². The van der Waals surface area contributed by atoms with Crippen LogP contribution in [0.2, 0.25) is 0 Å². The van der Waals surface area contributed by atoms with Gasteiger partial charge in [0.1, 0.15) is 0 Å². The summed E-state index contributed by atoms with van der Waals surface area (Å²) in [5.74, 6) is 1.44.